The number of hydrogen-bond donors (Lipinski definition) is 2. The maximum atomic E-state index is 4.52. The fraction of sp³-hybridized carbons (Fsp3) is 0.500. The van der Waals surface area contributed by atoms with Gasteiger partial charge in [-0.3, -0.25) is 0 Å². The molecule has 0 amide bonds. The summed E-state index contributed by atoms with van der Waals surface area (Å²) >= 11 is 0. The lowest BCUT2D eigenvalue weighted by Gasteiger charge is -2.16. The fourth-order valence-corrected chi connectivity index (χ4v) is 1.70. The first-order chi connectivity index (χ1) is 8.86. The van der Waals surface area contributed by atoms with Crippen molar-refractivity contribution in [3.63, 3.8) is 0 Å². The van der Waals surface area contributed by atoms with Gasteiger partial charge in [-0.15, -0.1) is 0 Å². The number of anilines is 1. The second-order valence-corrected chi connectivity index (χ2v) is 5.76. The molecule has 102 valence electrons. The van der Waals surface area contributed by atoms with Crippen molar-refractivity contribution >= 4 is 5.82 Å². The van der Waals surface area contributed by atoms with Gasteiger partial charge in [0, 0.05) is 17.3 Å². The van der Waals surface area contributed by atoms with E-state index in [1.54, 1.807) is 6.20 Å². The normalized spacial score (nSPS) is 11.6. The van der Waals surface area contributed by atoms with Gasteiger partial charge in [0.05, 0.1) is 12.2 Å². The van der Waals surface area contributed by atoms with Gasteiger partial charge >= 0.3 is 0 Å². The maximum Gasteiger partial charge on any atom is 0.135 e. The lowest BCUT2D eigenvalue weighted by molar-refractivity contribution is 0.545. The van der Waals surface area contributed by atoms with Crippen LogP contribution in [0.4, 0.5) is 5.82 Å². The maximum absolute atomic E-state index is 4.52. The fourth-order valence-electron chi connectivity index (χ4n) is 1.70. The lowest BCUT2D eigenvalue weighted by Crippen LogP contribution is -2.17. The van der Waals surface area contributed by atoms with Crippen LogP contribution in [0.5, 0.6) is 0 Å². The van der Waals surface area contributed by atoms with Crippen LogP contribution in [0.3, 0.4) is 0 Å². The van der Waals surface area contributed by atoms with Crippen LogP contribution in [0, 0.1) is 13.8 Å². The molecular weight excluding hydrogens is 238 g/mol. The molecule has 0 saturated heterocycles. The van der Waals surface area contributed by atoms with E-state index in [9.17, 15) is 0 Å². The summed E-state index contributed by atoms with van der Waals surface area (Å²) in [5.41, 5.74) is 2.10. The molecule has 0 atom stereocenters. The van der Waals surface area contributed by atoms with Crippen LogP contribution >= 0.6 is 0 Å². The Balaban J connectivity index is 2.07. The van der Waals surface area contributed by atoms with E-state index >= 15 is 0 Å². The van der Waals surface area contributed by atoms with Crippen LogP contribution in [-0.2, 0) is 12.0 Å². The van der Waals surface area contributed by atoms with Gasteiger partial charge in [0.15, 0.2) is 0 Å². The summed E-state index contributed by atoms with van der Waals surface area (Å²) in [6, 6.07) is 1.87. The number of H-pyrrole nitrogens is 1. The molecule has 0 saturated carbocycles. The second kappa shape index (κ2) is 4.99. The van der Waals surface area contributed by atoms with Crippen LogP contribution < -0.4 is 5.32 Å². The Kier molecular flexibility index (Phi) is 3.55. The van der Waals surface area contributed by atoms with Crippen molar-refractivity contribution in [1.82, 2.24) is 19.9 Å². The largest absolute Gasteiger partial charge is 0.363 e. The number of nitrogens with zero attached hydrogens (tertiary/aromatic N) is 3. The number of aromatic amines is 1. The van der Waals surface area contributed by atoms with Crippen LogP contribution in [0.25, 0.3) is 0 Å². The molecule has 0 spiro atoms. The van der Waals surface area contributed by atoms with Gasteiger partial charge in [0.1, 0.15) is 17.5 Å². The van der Waals surface area contributed by atoms with E-state index in [2.05, 4.69) is 46.0 Å². The third kappa shape index (κ3) is 3.30. The van der Waals surface area contributed by atoms with Crippen molar-refractivity contribution < 1.29 is 0 Å². The van der Waals surface area contributed by atoms with Gasteiger partial charge in [0.2, 0.25) is 0 Å². The van der Waals surface area contributed by atoms with E-state index in [0.29, 0.717) is 6.54 Å². The molecule has 0 bridgehead atoms. The molecule has 0 unspecified atom stereocenters. The summed E-state index contributed by atoms with van der Waals surface area (Å²) in [5.74, 6) is 2.59. The molecule has 0 fully saturated rings. The van der Waals surface area contributed by atoms with E-state index in [1.165, 1.54) is 0 Å². The lowest BCUT2D eigenvalue weighted by atomic mass is 9.96. The molecule has 2 aromatic rings. The number of hydrogen-bond acceptors (Lipinski definition) is 4. The monoisotopic (exact) mass is 259 g/mol. The standard InChI is InChI=1S/C14H21N5/c1-9-10(2)18-12(17-9)8-16-11-6-7-15-13(19-11)14(3,4)5/h6-7H,8H2,1-5H3,(H,17,18)(H,15,16,19). The highest BCUT2D eigenvalue weighted by Gasteiger charge is 2.17. The van der Waals surface area contributed by atoms with Gasteiger partial charge in [-0.05, 0) is 19.9 Å². The highest BCUT2D eigenvalue weighted by molar-refractivity contribution is 5.34. The SMILES string of the molecule is Cc1nc(CNc2ccnc(C(C)(C)C)n2)[nH]c1C. The third-order valence-corrected chi connectivity index (χ3v) is 2.94. The van der Waals surface area contributed by atoms with E-state index < -0.39 is 0 Å². The summed E-state index contributed by atoms with van der Waals surface area (Å²) < 4.78 is 0. The first-order valence-electron chi connectivity index (χ1n) is 6.46. The molecule has 0 aliphatic heterocycles. The predicted octanol–water partition coefficient (Wildman–Crippen LogP) is 2.73. The first kappa shape index (κ1) is 13.5. The predicted molar refractivity (Wildman–Crippen MR) is 76.1 cm³/mol. The van der Waals surface area contributed by atoms with Crippen molar-refractivity contribution in [2.45, 2.75) is 46.6 Å². The topological polar surface area (TPSA) is 66.5 Å². The molecule has 0 aliphatic rings. The Morgan fingerprint density at radius 2 is 1.95 bits per heavy atom. The number of aryl methyl sites for hydroxylation is 2. The van der Waals surface area contributed by atoms with Crippen LogP contribution in [0.2, 0.25) is 0 Å². The highest BCUT2D eigenvalue weighted by atomic mass is 15.1. The number of rotatable bonds is 3. The molecular formula is C14H21N5. The highest BCUT2D eigenvalue weighted by Crippen LogP contribution is 2.18. The first-order valence-corrected chi connectivity index (χ1v) is 6.46. The minimum Gasteiger partial charge on any atom is -0.363 e. The Labute approximate surface area is 113 Å². The minimum absolute atomic E-state index is 0.0461. The summed E-state index contributed by atoms with van der Waals surface area (Å²) in [6.07, 6.45) is 1.79. The Bertz CT molecular complexity index is 546. The van der Waals surface area contributed by atoms with Crippen LogP contribution in [0.15, 0.2) is 12.3 Å². The average molecular weight is 259 g/mol. The molecule has 0 aliphatic carbocycles. The van der Waals surface area contributed by atoms with Crippen molar-refractivity contribution in [2.75, 3.05) is 5.32 Å². The Morgan fingerprint density at radius 3 is 2.53 bits per heavy atom. The zero-order valence-electron chi connectivity index (χ0n) is 12.2. The number of nitrogens with one attached hydrogen (secondary N) is 2. The van der Waals surface area contributed by atoms with Gasteiger partial charge < -0.3 is 10.3 Å². The molecule has 19 heavy (non-hydrogen) atoms. The van der Waals surface area contributed by atoms with Crippen molar-refractivity contribution in [3.05, 3.63) is 35.3 Å². The molecule has 0 aromatic carbocycles. The van der Waals surface area contributed by atoms with E-state index in [-0.39, 0.29) is 5.41 Å². The quantitative estimate of drug-likeness (QED) is 0.889. The zero-order valence-corrected chi connectivity index (χ0v) is 12.2. The summed E-state index contributed by atoms with van der Waals surface area (Å²) in [5, 5.41) is 3.27. The number of imidazole rings is 1. The van der Waals surface area contributed by atoms with Crippen molar-refractivity contribution in [1.29, 1.82) is 0 Å². The zero-order chi connectivity index (χ0) is 14.0. The molecule has 5 heteroatoms. The van der Waals surface area contributed by atoms with Gasteiger partial charge in [-0.1, -0.05) is 20.8 Å². The van der Waals surface area contributed by atoms with Gasteiger partial charge in [-0.25, -0.2) is 15.0 Å². The number of aromatic nitrogens is 4. The smallest absolute Gasteiger partial charge is 0.135 e. The van der Waals surface area contributed by atoms with E-state index in [4.69, 9.17) is 0 Å². The van der Waals surface area contributed by atoms with Crippen molar-refractivity contribution in [3.8, 4) is 0 Å². The van der Waals surface area contributed by atoms with E-state index in [0.717, 1.165) is 28.9 Å². The molecule has 2 N–H and O–H groups in total. The van der Waals surface area contributed by atoms with Crippen LogP contribution in [-0.4, -0.2) is 19.9 Å². The average Bonchev–Trinajstić information content (AvgIpc) is 2.66. The van der Waals surface area contributed by atoms with Crippen molar-refractivity contribution in [2.24, 2.45) is 0 Å². The summed E-state index contributed by atoms with van der Waals surface area (Å²) in [4.78, 5) is 16.5. The minimum atomic E-state index is -0.0461. The Morgan fingerprint density at radius 1 is 1.21 bits per heavy atom. The Hall–Kier alpha value is -1.91. The molecule has 2 rings (SSSR count). The van der Waals surface area contributed by atoms with Gasteiger partial charge in [-0.2, -0.15) is 0 Å². The second-order valence-electron chi connectivity index (χ2n) is 5.76. The molecule has 0 radical (unpaired) electrons. The van der Waals surface area contributed by atoms with Crippen LogP contribution in [0.1, 0.15) is 43.8 Å². The molecule has 2 heterocycles. The molecule has 5 nitrogen and oxygen atoms in total. The third-order valence-electron chi connectivity index (χ3n) is 2.94. The van der Waals surface area contributed by atoms with E-state index in [1.807, 2.05) is 19.9 Å². The van der Waals surface area contributed by atoms with Gasteiger partial charge in [0.25, 0.3) is 0 Å². The summed E-state index contributed by atoms with van der Waals surface area (Å²) in [7, 11) is 0. The summed E-state index contributed by atoms with van der Waals surface area (Å²) in [6.45, 7) is 11.0. The molecule has 2 aromatic heterocycles.